The fourth-order valence-corrected chi connectivity index (χ4v) is 2.79. The van der Waals surface area contributed by atoms with Crippen LogP contribution in [-0.4, -0.2) is 18.2 Å². The Morgan fingerprint density at radius 2 is 2.05 bits per heavy atom. The van der Waals surface area contributed by atoms with E-state index >= 15 is 0 Å². The van der Waals surface area contributed by atoms with Gasteiger partial charge < -0.3 is 9.84 Å². The topological polar surface area (TPSA) is 46.5 Å². The van der Waals surface area contributed by atoms with E-state index in [0.717, 1.165) is 29.5 Å². The second-order valence-corrected chi connectivity index (χ2v) is 5.16. The highest BCUT2D eigenvalue weighted by molar-refractivity contribution is 5.91. The van der Waals surface area contributed by atoms with Crippen molar-refractivity contribution in [2.75, 3.05) is 7.11 Å². The second kappa shape index (κ2) is 5.64. The Bertz CT molecular complexity index is 778. The summed E-state index contributed by atoms with van der Waals surface area (Å²) in [5.41, 5.74) is 3.17. The lowest BCUT2D eigenvalue weighted by Gasteiger charge is -2.19. The van der Waals surface area contributed by atoms with Crippen LogP contribution in [0.4, 0.5) is 4.39 Å². The number of carboxylic acid groups (broad SMARTS) is 1. The number of benzene rings is 2. The molecule has 0 unspecified atom stereocenters. The summed E-state index contributed by atoms with van der Waals surface area (Å²) in [5, 5.41) is 9.17. The maximum atomic E-state index is 14.5. The Kier molecular flexibility index (Phi) is 3.67. The zero-order chi connectivity index (χ0) is 15.7. The summed E-state index contributed by atoms with van der Waals surface area (Å²) in [4.78, 5) is 11.2. The molecular formula is C18H15FO3. The van der Waals surface area contributed by atoms with Crippen molar-refractivity contribution in [2.24, 2.45) is 0 Å². The Morgan fingerprint density at radius 3 is 2.77 bits per heavy atom. The van der Waals surface area contributed by atoms with Gasteiger partial charge in [0.1, 0.15) is 0 Å². The lowest BCUT2D eigenvalue weighted by molar-refractivity contribution is 0.0697. The molecule has 0 saturated carbocycles. The highest BCUT2D eigenvalue weighted by atomic mass is 19.1. The molecule has 0 radical (unpaired) electrons. The van der Waals surface area contributed by atoms with Crippen molar-refractivity contribution in [3.63, 3.8) is 0 Å². The molecule has 0 aliphatic heterocycles. The first-order valence-corrected chi connectivity index (χ1v) is 7.01. The molecule has 112 valence electrons. The molecule has 4 heteroatoms. The van der Waals surface area contributed by atoms with Crippen molar-refractivity contribution < 1.29 is 19.0 Å². The summed E-state index contributed by atoms with van der Waals surface area (Å²) in [6.45, 7) is 0. The van der Waals surface area contributed by atoms with E-state index < -0.39 is 11.8 Å². The molecule has 0 aromatic heterocycles. The molecule has 2 aromatic rings. The molecule has 3 nitrogen and oxygen atoms in total. The smallest absolute Gasteiger partial charge is 0.335 e. The van der Waals surface area contributed by atoms with Crippen LogP contribution in [0.3, 0.4) is 0 Å². The fraction of sp³-hybridized carbons (Fsp3) is 0.167. The summed E-state index contributed by atoms with van der Waals surface area (Å²) < 4.78 is 19.6. The van der Waals surface area contributed by atoms with Crippen LogP contribution in [0, 0.1) is 5.82 Å². The molecule has 2 aromatic carbocycles. The molecule has 0 fully saturated rings. The first-order valence-electron chi connectivity index (χ1n) is 7.01. The zero-order valence-corrected chi connectivity index (χ0v) is 12.1. The van der Waals surface area contributed by atoms with E-state index in [2.05, 4.69) is 0 Å². The quantitative estimate of drug-likeness (QED) is 0.934. The predicted octanol–water partition coefficient (Wildman–Crippen LogP) is 3.91. The predicted molar refractivity (Wildman–Crippen MR) is 81.8 cm³/mol. The third-order valence-corrected chi connectivity index (χ3v) is 3.88. The molecule has 0 saturated heterocycles. The minimum atomic E-state index is -0.987. The van der Waals surface area contributed by atoms with Gasteiger partial charge in [0.2, 0.25) is 0 Å². The maximum absolute atomic E-state index is 14.5. The average molecular weight is 298 g/mol. The van der Waals surface area contributed by atoms with Gasteiger partial charge in [-0.05, 0) is 47.7 Å². The van der Waals surface area contributed by atoms with Crippen LogP contribution >= 0.6 is 0 Å². The zero-order valence-electron chi connectivity index (χ0n) is 12.1. The number of halogens is 1. The van der Waals surface area contributed by atoms with Gasteiger partial charge in [0.25, 0.3) is 0 Å². The molecule has 0 heterocycles. The molecule has 0 bridgehead atoms. The number of rotatable bonds is 3. The van der Waals surface area contributed by atoms with E-state index in [1.807, 2.05) is 12.1 Å². The molecule has 0 spiro atoms. The third-order valence-electron chi connectivity index (χ3n) is 3.88. The molecule has 22 heavy (non-hydrogen) atoms. The number of aromatic carboxylic acids is 1. The van der Waals surface area contributed by atoms with Crippen LogP contribution in [0.15, 0.2) is 42.5 Å². The average Bonchev–Trinajstić information content (AvgIpc) is 2.54. The highest BCUT2D eigenvalue weighted by Gasteiger charge is 2.20. The summed E-state index contributed by atoms with van der Waals surface area (Å²) in [6.07, 6.45) is 3.57. The number of aryl methyl sites for hydroxylation is 1. The van der Waals surface area contributed by atoms with Crippen LogP contribution in [0.1, 0.15) is 33.5 Å². The van der Waals surface area contributed by atoms with Crippen LogP contribution in [-0.2, 0) is 6.42 Å². The summed E-state index contributed by atoms with van der Waals surface area (Å²) in [6, 6.07) is 9.99. The van der Waals surface area contributed by atoms with Gasteiger partial charge in [-0.3, -0.25) is 0 Å². The SMILES string of the molecule is COc1cccc(C2=CCCc3ccc(C(=O)O)cc32)c1F. The minimum absolute atomic E-state index is 0.180. The van der Waals surface area contributed by atoms with Crippen LogP contribution in [0.5, 0.6) is 5.75 Å². The molecule has 1 aliphatic rings. The van der Waals surface area contributed by atoms with Gasteiger partial charge in [0.05, 0.1) is 12.7 Å². The largest absolute Gasteiger partial charge is 0.494 e. The molecule has 3 rings (SSSR count). The van der Waals surface area contributed by atoms with Crippen LogP contribution in [0.2, 0.25) is 0 Å². The first-order chi connectivity index (χ1) is 10.6. The molecular weight excluding hydrogens is 283 g/mol. The normalized spacial score (nSPS) is 13.3. The third kappa shape index (κ3) is 2.37. The van der Waals surface area contributed by atoms with Crippen molar-refractivity contribution in [2.45, 2.75) is 12.8 Å². The van der Waals surface area contributed by atoms with E-state index in [0.29, 0.717) is 5.56 Å². The summed E-state index contributed by atoms with van der Waals surface area (Å²) in [7, 11) is 1.42. The van der Waals surface area contributed by atoms with E-state index in [1.54, 1.807) is 30.3 Å². The monoisotopic (exact) mass is 298 g/mol. The van der Waals surface area contributed by atoms with Crippen LogP contribution in [0.25, 0.3) is 5.57 Å². The second-order valence-electron chi connectivity index (χ2n) is 5.16. The number of carboxylic acids is 1. The lowest BCUT2D eigenvalue weighted by atomic mass is 9.85. The van der Waals surface area contributed by atoms with Gasteiger partial charge in [0.15, 0.2) is 11.6 Å². The number of hydrogen-bond acceptors (Lipinski definition) is 2. The lowest BCUT2D eigenvalue weighted by Crippen LogP contribution is -2.06. The fourth-order valence-electron chi connectivity index (χ4n) is 2.79. The molecule has 1 aliphatic carbocycles. The van der Waals surface area contributed by atoms with E-state index in [1.165, 1.54) is 7.11 Å². The van der Waals surface area contributed by atoms with E-state index in [9.17, 15) is 9.18 Å². The molecule has 0 amide bonds. The van der Waals surface area contributed by atoms with Gasteiger partial charge in [-0.1, -0.05) is 24.3 Å². The maximum Gasteiger partial charge on any atom is 0.335 e. The van der Waals surface area contributed by atoms with E-state index in [-0.39, 0.29) is 11.3 Å². The first kappa shape index (κ1) is 14.3. The van der Waals surface area contributed by atoms with Crippen LogP contribution < -0.4 is 4.74 Å². The number of allylic oxidation sites excluding steroid dienone is 1. The molecule has 0 atom stereocenters. The Labute approximate surface area is 127 Å². The van der Waals surface area contributed by atoms with Crippen molar-refractivity contribution in [3.05, 3.63) is 70.5 Å². The van der Waals surface area contributed by atoms with Gasteiger partial charge >= 0.3 is 5.97 Å². The van der Waals surface area contributed by atoms with Crippen molar-refractivity contribution >= 4 is 11.5 Å². The summed E-state index contributed by atoms with van der Waals surface area (Å²) in [5.74, 6) is -1.23. The minimum Gasteiger partial charge on any atom is -0.494 e. The summed E-state index contributed by atoms with van der Waals surface area (Å²) >= 11 is 0. The Hall–Kier alpha value is -2.62. The van der Waals surface area contributed by atoms with E-state index in [4.69, 9.17) is 9.84 Å². The highest BCUT2D eigenvalue weighted by Crippen LogP contribution is 2.35. The Balaban J connectivity index is 2.16. The van der Waals surface area contributed by atoms with Crippen molar-refractivity contribution in [1.29, 1.82) is 0 Å². The van der Waals surface area contributed by atoms with Crippen molar-refractivity contribution in [1.82, 2.24) is 0 Å². The number of ether oxygens (including phenoxy) is 1. The van der Waals surface area contributed by atoms with Gasteiger partial charge in [-0.15, -0.1) is 0 Å². The van der Waals surface area contributed by atoms with Gasteiger partial charge in [-0.25, -0.2) is 9.18 Å². The number of methoxy groups -OCH3 is 1. The standard InChI is InChI=1S/C18H15FO3/c1-22-16-7-3-6-14(17(16)19)13-5-2-4-11-8-9-12(18(20)21)10-15(11)13/h3,5-10H,2,4H2,1H3,(H,20,21). The molecule has 1 N–H and O–H groups in total. The van der Waals surface area contributed by atoms with Crippen molar-refractivity contribution in [3.8, 4) is 5.75 Å². The Morgan fingerprint density at radius 1 is 1.23 bits per heavy atom. The van der Waals surface area contributed by atoms with Gasteiger partial charge in [0, 0.05) is 5.56 Å². The number of hydrogen-bond donors (Lipinski definition) is 1. The number of fused-ring (bicyclic) bond motifs is 1. The number of carbonyl (C=O) groups is 1. The van der Waals surface area contributed by atoms with Gasteiger partial charge in [-0.2, -0.15) is 0 Å².